The molecule has 2 atom stereocenters. The Morgan fingerprint density at radius 1 is 1.54 bits per heavy atom. The zero-order valence-electron chi connectivity index (χ0n) is 7.63. The lowest BCUT2D eigenvalue weighted by Crippen LogP contribution is -2.29. The summed E-state index contributed by atoms with van der Waals surface area (Å²) in [5.74, 6) is 5.71. The molecule has 0 amide bonds. The smallest absolute Gasteiger partial charge is 0.0948 e. The highest BCUT2D eigenvalue weighted by atomic mass is 16.5. The molecule has 1 aromatic rings. The molecule has 5 heteroatoms. The van der Waals surface area contributed by atoms with Gasteiger partial charge in [-0.2, -0.15) is 5.10 Å². The third kappa shape index (κ3) is 1.58. The van der Waals surface area contributed by atoms with Gasteiger partial charge in [-0.15, -0.1) is 0 Å². The molecule has 0 aliphatic carbocycles. The Hall–Kier alpha value is -0.910. The third-order valence-corrected chi connectivity index (χ3v) is 2.43. The second kappa shape index (κ2) is 3.45. The van der Waals surface area contributed by atoms with Gasteiger partial charge >= 0.3 is 0 Å². The maximum atomic E-state index is 5.71. The monoisotopic (exact) mass is 182 g/mol. The predicted molar refractivity (Wildman–Crippen MR) is 47.8 cm³/mol. The average Bonchev–Trinajstić information content (AvgIpc) is 2.71. The largest absolute Gasteiger partial charge is 0.378 e. The summed E-state index contributed by atoms with van der Waals surface area (Å²) in [5.41, 5.74) is 0. The maximum Gasteiger partial charge on any atom is 0.0948 e. The van der Waals surface area contributed by atoms with E-state index in [9.17, 15) is 0 Å². The fourth-order valence-corrected chi connectivity index (χ4v) is 1.75. The molecule has 1 aliphatic heterocycles. The Kier molecular flexibility index (Phi) is 2.30. The molecule has 2 heterocycles. The first-order valence-electron chi connectivity index (χ1n) is 4.33. The lowest BCUT2D eigenvalue weighted by Gasteiger charge is -2.16. The van der Waals surface area contributed by atoms with Gasteiger partial charge in [-0.25, -0.2) is 5.01 Å². The lowest BCUT2D eigenvalue weighted by atomic mass is 10.2. The molecular weight excluding hydrogens is 168 g/mol. The summed E-state index contributed by atoms with van der Waals surface area (Å²) < 4.78 is 7.24. The fraction of sp³-hybridized carbons (Fsp3) is 0.625. The van der Waals surface area contributed by atoms with Crippen molar-refractivity contribution in [3.63, 3.8) is 0 Å². The Morgan fingerprint density at radius 3 is 3.00 bits per heavy atom. The summed E-state index contributed by atoms with van der Waals surface area (Å²) >= 11 is 0. The van der Waals surface area contributed by atoms with E-state index in [-0.39, 0.29) is 12.1 Å². The van der Waals surface area contributed by atoms with Gasteiger partial charge in [0.05, 0.1) is 12.1 Å². The van der Waals surface area contributed by atoms with Crippen molar-refractivity contribution in [2.24, 2.45) is 5.84 Å². The summed E-state index contributed by atoms with van der Waals surface area (Å²) in [4.78, 5) is 0. The van der Waals surface area contributed by atoms with E-state index in [1.165, 1.54) is 0 Å². The first-order chi connectivity index (χ1) is 6.31. The van der Waals surface area contributed by atoms with Crippen LogP contribution in [0.1, 0.15) is 6.04 Å². The van der Waals surface area contributed by atoms with Gasteiger partial charge in [-0.05, 0) is 6.07 Å². The van der Waals surface area contributed by atoms with Crippen molar-refractivity contribution >= 4 is 0 Å². The molecule has 72 valence electrons. The Labute approximate surface area is 77.0 Å². The quantitative estimate of drug-likeness (QED) is 0.634. The highest BCUT2D eigenvalue weighted by molar-refractivity contribution is 4.90. The molecule has 0 bridgehead atoms. The summed E-state index contributed by atoms with van der Waals surface area (Å²) in [6.07, 6.45) is 3.85. The molecule has 13 heavy (non-hydrogen) atoms. The third-order valence-electron chi connectivity index (χ3n) is 2.43. The summed E-state index contributed by atoms with van der Waals surface area (Å²) in [6.45, 7) is 1.56. The number of nitrogens with two attached hydrogens (primary N) is 1. The molecule has 1 fully saturated rings. The van der Waals surface area contributed by atoms with Crippen LogP contribution < -0.4 is 5.84 Å². The minimum Gasteiger partial charge on any atom is -0.378 e. The van der Waals surface area contributed by atoms with E-state index < -0.39 is 0 Å². The van der Waals surface area contributed by atoms with Gasteiger partial charge in [-0.3, -0.25) is 10.5 Å². The van der Waals surface area contributed by atoms with Crippen LogP contribution in [0.2, 0.25) is 0 Å². The van der Waals surface area contributed by atoms with Crippen LogP contribution >= 0.6 is 0 Å². The van der Waals surface area contributed by atoms with E-state index in [0.717, 1.165) is 13.1 Å². The number of nitrogens with zero attached hydrogens (tertiary/aromatic N) is 3. The van der Waals surface area contributed by atoms with Gasteiger partial charge in [0.2, 0.25) is 0 Å². The van der Waals surface area contributed by atoms with E-state index in [1.807, 2.05) is 16.9 Å². The number of hydrogen-bond donors (Lipinski definition) is 1. The number of aromatic nitrogens is 2. The number of hydrazine groups is 1. The Bertz CT molecular complexity index is 261. The molecule has 0 aromatic carbocycles. The minimum absolute atomic E-state index is 0.143. The average molecular weight is 182 g/mol. The lowest BCUT2D eigenvalue weighted by molar-refractivity contribution is 0.0782. The van der Waals surface area contributed by atoms with Crippen LogP contribution in [0.25, 0.3) is 0 Å². The molecule has 1 aliphatic rings. The number of hydrogen-bond acceptors (Lipinski definition) is 4. The van der Waals surface area contributed by atoms with Gasteiger partial charge in [0, 0.05) is 32.6 Å². The van der Waals surface area contributed by atoms with Gasteiger partial charge in [0.1, 0.15) is 0 Å². The van der Waals surface area contributed by atoms with Crippen molar-refractivity contribution < 1.29 is 4.74 Å². The van der Waals surface area contributed by atoms with Crippen molar-refractivity contribution in [3.8, 4) is 0 Å². The van der Waals surface area contributed by atoms with Crippen LogP contribution in [0.15, 0.2) is 18.5 Å². The fourth-order valence-electron chi connectivity index (χ4n) is 1.75. The molecule has 0 saturated carbocycles. The van der Waals surface area contributed by atoms with E-state index in [0.29, 0.717) is 0 Å². The normalized spacial score (nSPS) is 29.7. The van der Waals surface area contributed by atoms with Gasteiger partial charge < -0.3 is 4.74 Å². The van der Waals surface area contributed by atoms with Crippen molar-refractivity contribution in [2.45, 2.75) is 12.1 Å². The van der Waals surface area contributed by atoms with Crippen molar-refractivity contribution in [1.82, 2.24) is 14.8 Å². The second-order valence-electron chi connectivity index (χ2n) is 3.28. The molecule has 2 rings (SSSR count). The van der Waals surface area contributed by atoms with Crippen LogP contribution in [0, 0.1) is 0 Å². The number of rotatable bonds is 2. The van der Waals surface area contributed by atoms with Gasteiger partial charge in [-0.1, -0.05) is 0 Å². The Balaban J connectivity index is 2.14. The van der Waals surface area contributed by atoms with Gasteiger partial charge in [0.25, 0.3) is 0 Å². The molecule has 1 saturated heterocycles. The summed E-state index contributed by atoms with van der Waals surface area (Å²) in [6, 6.07) is 2.15. The number of methoxy groups -OCH3 is 1. The first kappa shape index (κ1) is 8.68. The Morgan fingerprint density at radius 2 is 2.38 bits per heavy atom. The van der Waals surface area contributed by atoms with Crippen molar-refractivity contribution in [3.05, 3.63) is 18.5 Å². The second-order valence-corrected chi connectivity index (χ2v) is 3.28. The molecular formula is C8H14N4O. The van der Waals surface area contributed by atoms with Crippen LogP contribution in [-0.4, -0.2) is 41.1 Å². The van der Waals surface area contributed by atoms with Crippen molar-refractivity contribution in [1.29, 1.82) is 0 Å². The standard InChI is InChI=1S/C8H14N4O/c1-13-8-6-11(9)5-7(8)12-4-2-3-10-12/h2-4,7-8H,5-6,9H2,1H3/t7-,8+/m1/s1. The molecule has 2 N–H and O–H groups in total. The van der Waals surface area contributed by atoms with Crippen LogP contribution in [0.4, 0.5) is 0 Å². The highest BCUT2D eigenvalue weighted by Crippen LogP contribution is 2.20. The van der Waals surface area contributed by atoms with E-state index in [1.54, 1.807) is 18.3 Å². The minimum atomic E-state index is 0.143. The molecule has 0 spiro atoms. The van der Waals surface area contributed by atoms with Gasteiger partial charge in [0.15, 0.2) is 0 Å². The zero-order valence-corrected chi connectivity index (χ0v) is 7.63. The van der Waals surface area contributed by atoms with E-state index >= 15 is 0 Å². The first-order valence-corrected chi connectivity index (χ1v) is 4.33. The van der Waals surface area contributed by atoms with E-state index in [2.05, 4.69) is 5.10 Å². The molecule has 5 nitrogen and oxygen atoms in total. The predicted octanol–water partition coefficient (Wildman–Crippen LogP) is -0.371. The summed E-state index contributed by atoms with van der Waals surface area (Å²) in [7, 11) is 1.71. The maximum absolute atomic E-state index is 5.71. The topological polar surface area (TPSA) is 56.3 Å². The van der Waals surface area contributed by atoms with E-state index in [4.69, 9.17) is 10.6 Å². The van der Waals surface area contributed by atoms with Crippen LogP contribution in [0.5, 0.6) is 0 Å². The SMILES string of the molecule is CO[C@H]1CN(N)C[C@H]1n1cccn1. The van der Waals surface area contributed by atoms with Crippen molar-refractivity contribution in [2.75, 3.05) is 20.2 Å². The summed E-state index contributed by atoms with van der Waals surface area (Å²) in [5, 5.41) is 5.95. The van der Waals surface area contributed by atoms with Crippen LogP contribution in [-0.2, 0) is 4.74 Å². The number of ether oxygens (including phenoxy) is 1. The van der Waals surface area contributed by atoms with Crippen LogP contribution in [0.3, 0.4) is 0 Å². The molecule has 0 radical (unpaired) electrons. The molecule has 0 unspecified atom stereocenters. The zero-order chi connectivity index (χ0) is 9.26. The highest BCUT2D eigenvalue weighted by Gasteiger charge is 2.32. The molecule has 1 aromatic heterocycles.